The highest BCUT2D eigenvalue weighted by Crippen LogP contribution is 2.19. The predicted molar refractivity (Wildman–Crippen MR) is 95.9 cm³/mol. The largest absolute Gasteiger partial charge is 0.365 e. The number of carbonyl (C=O) groups excluding carboxylic acids is 1. The first-order valence-electron chi connectivity index (χ1n) is 7.71. The van der Waals surface area contributed by atoms with Crippen molar-refractivity contribution in [2.24, 2.45) is 5.16 Å². The van der Waals surface area contributed by atoms with Crippen molar-refractivity contribution in [1.82, 2.24) is 0 Å². The van der Waals surface area contributed by atoms with Crippen LogP contribution in [0.2, 0.25) is 0 Å². The minimum atomic E-state index is -0.468. The fraction of sp³-hybridized carbons (Fsp3) is 0.0476. The van der Waals surface area contributed by atoms with Crippen molar-refractivity contribution < 1.29 is 9.63 Å². The smallest absolute Gasteiger partial charge is 0.313 e. The molecule has 0 unspecified atom stereocenters. The van der Waals surface area contributed by atoms with Gasteiger partial charge in [-0.25, -0.2) is 4.79 Å². The molecule has 0 amide bonds. The van der Waals surface area contributed by atoms with E-state index < -0.39 is 5.97 Å². The van der Waals surface area contributed by atoms with Gasteiger partial charge in [0, 0.05) is 0 Å². The Hall–Kier alpha value is -3.20. The Morgan fingerprint density at radius 2 is 1.25 bits per heavy atom. The molecular formula is C21H17NO2. The summed E-state index contributed by atoms with van der Waals surface area (Å²) < 4.78 is 0. The lowest BCUT2D eigenvalue weighted by atomic mass is 10.0. The standard InChI is InChI=1S/C21H17NO2/c1-16(17-8-4-2-5-9-17)22-24-21(23)20-14-12-19(13-15-20)18-10-6-3-7-11-18/h2-15H,1H3/b22-16+. The molecule has 0 aliphatic carbocycles. The van der Waals surface area contributed by atoms with Crippen molar-refractivity contribution in [3.63, 3.8) is 0 Å². The topological polar surface area (TPSA) is 38.7 Å². The Labute approximate surface area is 141 Å². The summed E-state index contributed by atoms with van der Waals surface area (Å²) in [4.78, 5) is 17.1. The fourth-order valence-electron chi connectivity index (χ4n) is 2.32. The second-order valence-electron chi connectivity index (χ2n) is 5.36. The Morgan fingerprint density at radius 3 is 1.88 bits per heavy atom. The molecule has 0 spiro atoms. The molecule has 0 fully saturated rings. The summed E-state index contributed by atoms with van der Waals surface area (Å²) in [5.74, 6) is -0.468. The highest BCUT2D eigenvalue weighted by atomic mass is 16.7. The maximum absolute atomic E-state index is 12.1. The van der Waals surface area contributed by atoms with Gasteiger partial charge in [0.1, 0.15) is 0 Å². The van der Waals surface area contributed by atoms with Crippen LogP contribution in [0.25, 0.3) is 11.1 Å². The molecule has 3 aromatic rings. The summed E-state index contributed by atoms with van der Waals surface area (Å²) in [5, 5.41) is 3.92. The number of oxime groups is 1. The summed E-state index contributed by atoms with van der Waals surface area (Å²) in [6, 6.07) is 26.9. The van der Waals surface area contributed by atoms with E-state index in [1.165, 1.54) is 0 Å². The van der Waals surface area contributed by atoms with Crippen molar-refractivity contribution in [3.05, 3.63) is 96.1 Å². The molecule has 0 aliphatic heterocycles. The predicted octanol–water partition coefficient (Wildman–Crippen LogP) is 4.93. The van der Waals surface area contributed by atoms with E-state index in [0.717, 1.165) is 16.7 Å². The van der Waals surface area contributed by atoms with Gasteiger partial charge in [-0.2, -0.15) is 0 Å². The number of hydrogen-bond donors (Lipinski definition) is 0. The third-order valence-corrected chi connectivity index (χ3v) is 3.68. The quantitative estimate of drug-likeness (QED) is 0.389. The number of carbonyl (C=O) groups is 1. The highest BCUT2D eigenvalue weighted by molar-refractivity contribution is 5.99. The minimum Gasteiger partial charge on any atom is -0.313 e. The summed E-state index contributed by atoms with van der Waals surface area (Å²) in [5.41, 5.74) is 4.21. The van der Waals surface area contributed by atoms with Crippen LogP contribution in [0.5, 0.6) is 0 Å². The van der Waals surface area contributed by atoms with Crippen LogP contribution in [-0.4, -0.2) is 11.7 Å². The van der Waals surface area contributed by atoms with Crippen molar-refractivity contribution >= 4 is 11.7 Å². The molecule has 3 heteroatoms. The summed E-state index contributed by atoms with van der Waals surface area (Å²) in [6.07, 6.45) is 0. The molecule has 0 saturated carbocycles. The van der Waals surface area contributed by atoms with Crippen LogP contribution in [0.4, 0.5) is 0 Å². The van der Waals surface area contributed by atoms with Gasteiger partial charge in [0.25, 0.3) is 0 Å². The molecule has 3 rings (SSSR count). The van der Waals surface area contributed by atoms with E-state index in [4.69, 9.17) is 4.84 Å². The maximum Gasteiger partial charge on any atom is 0.365 e. The fourth-order valence-corrected chi connectivity index (χ4v) is 2.32. The van der Waals surface area contributed by atoms with E-state index in [2.05, 4.69) is 5.16 Å². The third-order valence-electron chi connectivity index (χ3n) is 3.68. The third kappa shape index (κ3) is 3.76. The van der Waals surface area contributed by atoms with Crippen LogP contribution in [0.1, 0.15) is 22.8 Å². The van der Waals surface area contributed by atoms with Crippen molar-refractivity contribution in [2.45, 2.75) is 6.92 Å². The monoisotopic (exact) mass is 315 g/mol. The zero-order chi connectivity index (χ0) is 16.8. The Balaban J connectivity index is 1.70. The molecule has 118 valence electrons. The van der Waals surface area contributed by atoms with Gasteiger partial charge in [0.05, 0.1) is 11.3 Å². The van der Waals surface area contributed by atoms with E-state index in [1.54, 1.807) is 19.1 Å². The highest BCUT2D eigenvalue weighted by Gasteiger charge is 2.08. The normalized spacial score (nSPS) is 11.1. The summed E-state index contributed by atoms with van der Waals surface area (Å²) in [6.45, 7) is 1.81. The van der Waals surface area contributed by atoms with Crippen LogP contribution in [-0.2, 0) is 4.84 Å². The summed E-state index contributed by atoms with van der Waals surface area (Å²) in [7, 11) is 0. The average molecular weight is 315 g/mol. The first-order chi connectivity index (χ1) is 11.7. The molecule has 24 heavy (non-hydrogen) atoms. The molecule has 0 atom stereocenters. The van der Waals surface area contributed by atoms with E-state index >= 15 is 0 Å². The average Bonchev–Trinajstić information content (AvgIpc) is 2.67. The van der Waals surface area contributed by atoms with Gasteiger partial charge in [-0.15, -0.1) is 0 Å². The molecule has 0 aromatic heterocycles. The molecular weight excluding hydrogens is 298 g/mol. The lowest BCUT2D eigenvalue weighted by Gasteiger charge is -2.04. The van der Waals surface area contributed by atoms with Crippen LogP contribution < -0.4 is 0 Å². The van der Waals surface area contributed by atoms with Gasteiger partial charge < -0.3 is 4.84 Å². The van der Waals surface area contributed by atoms with Crippen LogP contribution in [0, 0.1) is 0 Å². The minimum absolute atomic E-state index is 0.468. The molecule has 3 aromatic carbocycles. The molecule has 0 radical (unpaired) electrons. The second-order valence-corrected chi connectivity index (χ2v) is 5.36. The molecule has 0 heterocycles. The molecule has 0 N–H and O–H groups in total. The number of nitrogens with zero attached hydrogens (tertiary/aromatic N) is 1. The number of rotatable bonds is 4. The number of benzene rings is 3. The van der Waals surface area contributed by atoms with Gasteiger partial charge in [0.15, 0.2) is 0 Å². The Bertz CT molecular complexity index is 838. The van der Waals surface area contributed by atoms with Crippen LogP contribution in [0.3, 0.4) is 0 Å². The van der Waals surface area contributed by atoms with E-state index in [9.17, 15) is 4.79 Å². The van der Waals surface area contributed by atoms with Gasteiger partial charge in [-0.1, -0.05) is 78.0 Å². The Morgan fingerprint density at radius 1 is 0.708 bits per heavy atom. The first-order valence-corrected chi connectivity index (χ1v) is 7.71. The lowest BCUT2D eigenvalue weighted by molar-refractivity contribution is 0.0516. The molecule has 0 aliphatic rings. The zero-order valence-electron chi connectivity index (χ0n) is 13.3. The first kappa shape index (κ1) is 15.7. The van der Waals surface area contributed by atoms with Crippen LogP contribution in [0.15, 0.2) is 90.1 Å². The maximum atomic E-state index is 12.1. The van der Waals surface area contributed by atoms with Gasteiger partial charge >= 0.3 is 5.97 Å². The van der Waals surface area contributed by atoms with Gasteiger partial charge in [-0.05, 0) is 35.7 Å². The van der Waals surface area contributed by atoms with E-state index in [-0.39, 0.29) is 0 Å². The molecule has 0 bridgehead atoms. The Kier molecular flexibility index (Phi) is 4.82. The second kappa shape index (κ2) is 7.38. The molecule has 3 nitrogen and oxygen atoms in total. The summed E-state index contributed by atoms with van der Waals surface area (Å²) >= 11 is 0. The van der Waals surface area contributed by atoms with Gasteiger partial charge in [0.2, 0.25) is 0 Å². The molecule has 0 saturated heterocycles. The SMILES string of the molecule is C/C(=N\OC(=O)c1ccc(-c2ccccc2)cc1)c1ccccc1. The van der Waals surface area contributed by atoms with E-state index in [1.807, 2.05) is 72.8 Å². The van der Waals surface area contributed by atoms with Crippen molar-refractivity contribution in [2.75, 3.05) is 0 Å². The van der Waals surface area contributed by atoms with E-state index in [0.29, 0.717) is 11.3 Å². The van der Waals surface area contributed by atoms with Crippen molar-refractivity contribution in [1.29, 1.82) is 0 Å². The lowest BCUT2D eigenvalue weighted by Crippen LogP contribution is -2.03. The number of hydrogen-bond acceptors (Lipinski definition) is 3. The van der Waals surface area contributed by atoms with Gasteiger partial charge in [-0.3, -0.25) is 0 Å². The zero-order valence-corrected chi connectivity index (χ0v) is 13.3. The van der Waals surface area contributed by atoms with Crippen LogP contribution >= 0.6 is 0 Å². The van der Waals surface area contributed by atoms with Crippen molar-refractivity contribution in [3.8, 4) is 11.1 Å².